The Morgan fingerprint density at radius 1 is 0.800 bits per heavy atom. The number of urea groups is 1. The smallest absolute Gasteiger partial charge is 0.326 e. The van der Waals surface area contributed by atoms with E-state index in [-0.39, 0.29) is 12.8 Å². The van der Waals surface area contributed by atoms with Gasteiger partial charge in [-0.15, -0.1) is 0 Å². The molecule has 14 heteroatoms. The molecule has 13 nitrogen and oxygen atoms in total. The van der Waals surface area contributed by atoms with E-state index in [0.29, 0.717) is 31.0 Å². The summed E-state index contributed by atoms with van der Waals surface area (Å²) in [6, 6.07) is 8.83. The number of amides is 2. The molecular weight excluding hydrogens is 600 g/mol. The molecule has 0 spiro atoms. The lowest BCUT2D eigenvalue weighted by Crippen LogP contribution is -2.51. The molecule has 0 saturated heterocycles. The Hall–Kier alpha value is -4.72. The summed E-state index contributed by atoms with van der Waals surface area (Å²) in [6.45, 7) is 1.99. The van der Waals surface area contributed by atoms with Crippen LogP contribution in [0.25, 0.3) is 12.2 Å². The first-order chi connectivity index (χ1) is 21.4. The molecule has 2 rings (SSSR count). The molecule has 0 saturated carbocycles. The van der Waals surface area contributed by atoms with Crippen LogP contribution in [0.4, 0.5) is 10.5 Å². The zero-order chi connectivity index (χ0) is 33.2. The van der Waals surface area contributed by atoms with Gasteiger partial charge in [-0.3, -0.25) is 4.79 Å². The second-order valence-electron chi connectivity index (χ2n) is 10.6. The van der Waals surface area contributed by atoms with Crippen LogP contribution < -0.4 is 30.7 Å². The largest absolute Gasteiger partial charge is 0.481 e. The van der Waals surface area contributed by atoms with E-state index in [9.17, 15) is 24.3 Å². The number of benzene rings is 1. The molecule has 1 aromatic heterocycles. The summed E-state index contributed by atoms with van der Waals surface area (Å²) in [5, 5.41) is 38.3. The molecule has 1 aromatic carbocycles. The fourth-order valence-corrected chi connectivity index (χ4v) is 4.35. The van der Waals surface area contributed by atoms with Crippen molar-refractivity contribution in [2.75, 3.05) is 32.1 Å². The van der Waals surface area contributed by atoms with E-state index < -0.39 is 42.4 Å². The molecule has 0 radical (unpaired) electrons. The predicted molar refractivity (Wildman–Crippen MR) is 175 cm³/mol. The highest BCUT2D eigenvalue weighted by Crippen LogP contribution is 2.14. The van der Waals surface area contributed by atoms with E-state index in [2.05, 4.69) is 79.3 Å². The Morgan fingerprint density at radius 2 is 1.33 bits per heavy atom. The van der Waals surface area contributed by atoms with Gasteiger partial charge in [0.1, 0.15) is 18.6 Å². The van der Waals surface area contributed by atoms with Gasteiger partial charge in [-0.2, -0.15) is 0 Å². The van der Waals surface area contributed by atoms with Gasteiger partial charge in [-0.1, -0.05) is 24.3 Å². The Kier molecular flexibility index (Phi) is 15.8. The number of hydrogen-bond acceptors (Lipinski definition) is 6. The SMILES string of the molecule is CN(C)c1ccc(/C=C/c2cc[n+](CCCNC(=S)NCCCC[C@H](NC(=O)N[C@@H](CCC(=O)O)C(=O)O)C(=O)O)cc2)cc1. The predicted octanol–water partition coefficient (Wildman–Crippen LogP) is 2.31. The number of rotatable bonds is 19. The van der Waals surface area contributed by atoms with E-state index >= 15 is 0 Å². The monoisotopic (exact) mass is 643 g/mol. The number of hydrogen-bond donors (Lipinski definition) is 7. The van der Waals surface area contributed by atoms with E-state index in [1.807, 2.05) is 26.5 Å². The van der Waals surface area contributed by atoms with Crippen LogP contribution in [0.3, 0.4) is 0 Å². The van der Waals surface area contributed by atoms with Crippen molar-refractivity contribution in [3.8, 4) is 0 Å². The number of aryl methyl sites for hydroxylation is 1. The first-order valence-corrected chi connectivity index (χ1v) is 15.1. The van der Waals surface area contributed by atoms with Gasteiger partial charge in [0.05, 0.1) is 0 Å². The second kappa shape index (κ2) is 19.5. The highest BCUT2D eigenvalue weighted by molar-refractivity contribution is 7.80. The summed E-state index contributed by atoms with van der Waals surface area (Å²) in [7, 11) is 4.03. The number of carboxylic acids is 3. The van der Waals surface area contributed by atoms with E-state index in [4.69, 9.17) is 22.4 Å². The molecule has 2 atom stereocenters. The zero-order valence-corrected chi connectivity index (χ0v) is 26.4. The topological polar surface area (TPSA) is 184 Å². The Labute approximate surface area is 268 Å². The molecule has 2 amide bonds. The number of carbonyl (C=O) groups excluding carboxylic acids is 1. The van der Waals surface area contributed by atoms with E-state index in [1.165, 1.54) is 0 Å². The number of carboxylic acid groups (broad SMARTS) is 3. The van der Waals surface area contributed by atoms with Gasteiger partial charge < -0.3 is 41.5 Å². The molecule has 0 unspecified atom stereocenters. The summed E-state index contributed by atoms with van der Waals surface area (Å²) in [5.41, 5.74) is 3.41. The van der Waals surface area contributed by atoms with Crippen molar-refractivity contribution >= 4 is 59.1 Å². The van der Waals surface area contributed by atoms with Crippen LogP contribution in [0.2, 0.25) is 0 Å². The Bertz CT molecular complexity index is 1300. The van der Waals surface area contributed by atoms with Crippen LogP contribution in [0, 0.1) is 0 Å². The molecule has 0 aliphatic heterocycles. The van der Waals surface area contributed by atoms with Gasteiger partial charge in [-0.25, -0.2) is 19.0 Å². The molecular formula is C31H43N6O7S+. The third-order valence-electron chi connectivity index (χ3n) is 6.73. The third-order valence-corrected chi connectivity index (χ3v) is 7.02. The van der Waals surface area contributed by atoms with Crippen LogP contribution >= 0.6 is 12.2 Å². The number of aliphatic carboxylic acids is 3. The normalized spacial score (nSPS) is 12.1. The van der Waals surface area contributed by atoms with Crippen molar-refractivity contribution in [2.45, 2.75) is 57.2 Å². The number of carbonyl (C=O) groups is 4. The Morgan fingerprint density at radius 3 is 1.87 bits per heavy atom. The summed E-state index contributed by atoms with van der Waals surface area (Å²) >= 11 is 5.31. The minimum Gasteiger partial charge on any atom is -0.481 e. The van der Waals surface area contributed by atoms with Gasteiger partial charge in [0.15, 0.2) is 17.5 Å². The lowest BCUT2D eigenvalue weighted by molar-refractivity contribution is -0.697. The molecule has 244 valence electrons. The average molecular weight is 644 g/mol. The number of nitrogens with one attached hydrogen (secondary N) is 4. The van der Waals surface area contributed by atoms with Gasteiger partial charge in [0, 0.05) is 57.8 Å². The summed E-state index contributed by atoms with van der Waals surface area (Å²) in [5.74, 6) is -3.88. The number of unbranched alkanes of at least 4 members (excludes halogenated alkanes) is 1. The zero-order valence-electron chi connectivity index (χ0n) is 25.6. The number of pyridine rings is 1. The molecule has 0 bridgehead atoms. The molecule has 7 N–H and O–H groups in total. The minimum atomic E-state index is -1.45. The quantitative estimate of drug-likeness (QED) is 0.0677. The van der Waals surface area contributed by atoms with Crippen LogP contribution in [0.15, 0.2) is 48.8 Å². The fourth-order valence-electron chi connectivity index (χ4n) is 4.15. The highest BCUT2D eigenvalue weighted by atomic mass is 32.1. The van der Waals surface area contributed by atoms with Crippen molar-refractivity contribution in [3.63, 3.8) is 0 Å². The lowest BCUT2D eigenvalue weighted by Gasteiger charge is -2.18. The molecule has 1 heterocycles. The number of anilines is 1. The molecule has 45 heavy (non-hydrogen) atoms. The summed E-state index contributed by atoms with van der Waals surface area (Å²) in [6.07, 6.45) is 9.48. The van der Waals surface area contributed by atoms with Gasteiger partial charge >= 0.3 is 23.9 Å². The van der Waals surface area contributed by atoms with E-state index in [0.717, 1.165) is 29.8 Å². The molecule has 2 aromatic rings. The van der Waals surface area contributed by atoms with Crippen molar-refractivity contribution in [1.82, 2.24) is 21.3 Å². The highest BCUT2D eigenvalue weighted by Gasteiger charge is 2.24. The van der Waals surface area contributed by atoms with E-state index in [1.54, 1.807) is 0 Å². The lowest BCUT2D eigenvalue weighted by atomic mass is 10.1. The second-order valence-corrected chi connectivity index (χ2v) is 11.0. The van der Waals surface area contributed by atoms with Crippen LogP contribution in [0.5, 0.6) is 0 Å². The van der Waals surface area contributed by atoms with Gasteiger partial charge in [-0.05, 0) is 61.2 Å². The molecule has 0 fully saturated rings. The van der Waals surface area contributed by atoms with Crippen LogP contribution in [-0.4, -0.2) is 83.6 Å². The van der Waals surface area contributed by atoms with Crippen molar-refractivity contribution in [3.05, 3.63) is 59.9 Å². The number of nitrogens with zero attached hydrogens (tertiary/aromatic N) is 2. The maximum atomic E-state index is 12.1. The first kappa shape index (κ1) is 36.5. The fraction of sp³-hybridized carbons (Fsp3) is 0.419. The summed E-state index contributed by atoms with van der Waals surface area (Å²) in [4.78, 5) is 47.6. The van der Waals surface area contributed by atoms with Crippen molar-refractivity contribution in [2.24, 2.45) is 0 Å². The molecule has 0 aliphatic rings. The Balaban J connectivity index is 1.61. The molecule has 0 aliphatic carbocycles. The van der Waals surface area contributed by atoms with Crippen LogP contribution in [-0.2, 0) is 20.9 Å². The minimum absolute atomic E-state index is 0.118. The maximum absolute atomic E-state index is 12.1. The van der Waals surface area contributed by atoms with Crippen molar-refractivity contribution in [1.29, 1.82) is 0 Å². The number of aromatic nitrogens is 1. The van der Waals surface area contributed by atoms with Crippen molar-refractivity contribution < 1.29 is 39.1 Å². The average Bonchev–Trinajstić information content (AvgIpc) is 3.00. The standard InChI is InChI=1S/C31H42N6O7S/c1-36(2)24-11-9-22(10-12-24)7-8-23-15-20-37(21-16-23)19-5-18-33-31(45)32-17-4-3-6-25(28(40)41)34-30(44)35-26(29(42)43)13-14-27(38)39/h7-12,15-16,20-21,25-26H,3-6,13-14,17-19H2,1-2H3,(H6-,32,33,34,35,38,39,40,41,42,43,44,45)/p+1/t25-,26-/m0/s1. The first-order valence-electron chi connectivity index (χ1n) is 14.7. The summed E-state index contributed by atoms with van der Waals surface area (Å²) < 4.78 is 2.10. The third kappa shape index (κ3) is 15.0. The number of thiocarbonyl (C=S) groups is 1. The maximum Gasteiger partial charge on any atom is 0.326 e. The van der Waals surface area contributed by atoms with Gasteiger partial charge in [0.25, 0.3) is 0 Å². The van der Waals surface area contributed by atoms with Crippen LogP contribution in [0.1, 0.15) is 49.7 Å². The van der Waals surface area contributed by atoms with Gasteiger partial charge in [0.2, 0.25) is 0 Å².